The molecule has 0 unspecified atom stereocenters. The van der Waals surface area contributed by atoms with Crippen LogP contribution in [-0.4, -0.2) is 12.6 Å². The molecule has 0 aromatic heterocycles. The van der Waals surface area contributed by atoms with Crippen LogP contribution in [0.2, 0.25) is 5.02 Å². The summed E-state index contributed by atoms with van der Waals surface area (Å²) < 4.78 is 0. The first kappa shape index (κ1) is 12.3. The number of benzene rings is 1. The first-order valence-electron chi connectivity index (χ1n) is 6.22. The van der Waals surface area contributed by atoms with Gasteiger partial charge in [0, 0.05) is 18.3 Å². The maximum Gasteiger partial charge on any atom is 0.101 e. The molecule has 17 heavy (non-hydrogen) atoms. The van der Waals surface area contributed by atoms with Gasteiger partial charge in [-0.2, -0.15) is 5.26 Å². The van der Waals surface area contributed by atoms with E-state index in [-0.39, 0.29) is 0 Å². The molecular formula is C14H17ClN2. The Kier molecular flexibility index (Phi) is 3.91. The molecule has 0 saturated carbocycles. The summed E-state index contributed by atoms with van der Waals surface area (Å²) in [5.74, 6) is 0. The predicted octanol–water partition coefficient (Wildman–Crippen LogP) is 3.98. The van der Waals surface area contributed by atoms with Crippen LogP contribution >= 0.6 is 11.6 Å². The summed E-state index contributed by atoms with van der Waals surface area (Å²) in [5.41, 5.74) is 1.71. The SMILES string of the molecule is CC[C@@H]1CCCCN1c1ccc(C#N)c(Cl)c1. The second kappa shape index (κ2) is 5.42. The van der Waals surface area contributed by atoms with Crippen molar-refractivity contribution >= 4 is 17.3 Å². The van der Waals surface area contributed by atoms with E-state index in [1.807, 2.05) is 18.2 Å². The molecule has 1 saturated heterocycles. The third-order valence-corrected chi connectivity index (χ3v) is 3.82. The number of anilines is 1. The largest absolute Gasteiger partial charge is 0.369 e. The van der Waals surface area contributed by atoms with Crippen molar-refractivity contribution < 1.29 is 0 Å². The van der Waals surface area contributed by atoms with Gasteiger partial charge >= 0.3 is 0 Å². The third kappa shape index (κ3) is 2.56. The first-order valence-corrected chi connectivity index (χ1v) is 6.60. The number of halogens is 1. The number of nitriles is 1. The second-order valence-electron chi connectivity index (χ2n) is 4.53. The molecule has 0 radical (unpaired) electrons. The van der Waals surface area contributed by atoms with E-state index in [1.165, 1.54) is 19.3 Å². The Balaban J connectivity index is 2.26. The lowest BCUT2D eigenvalue weighted by molar-refractivity contribution is 0.450. The van der Waals surface area contributed by atoms with Crippen LogP contribution in [0.1, 0.15) is 38.2 Å². The van der Waals surface area contributed by atoms with E-state index in [9.17, 15) is 0 Å². The van der Waals surface area contributed by atoms with Crippen molar-refractivity contribution in [1.82, 2.24) is 0 Å². The monoisotopic (exact) mass is 248 g/mol. The summed E-state index contributed by atoms with van der Waals surface area (Å²) >= 11 is 6.09. The van der Waals surface area contributed by atoms with Gasteiger partial charge in [0.05, 0.1) is 10.6 Å². The normalized spacial score (nSPS) is 20.1. The lowest BCUT2D eigenvalue weighted by atomic mass is 9.99. The molecule has 1 atom stereocenters. The van der Waals surface area contributed by atoms with E-state index in [1.54, 1.807) is 0 Å². The van der Waals surface area contributed by atoms with Crippen molar-refractivity contribution in [3.63, 3.8) is 0 Å². The quantitative estimate of drug-likeness (QED) is 0.792. The molecule has 0 N–H and O–H groups in total. The van der Waals surface area contributed by atoms with E-state index < -0.39 is 0 Å². The van der Waals surface area contributed by atoms with Crippen LogP contribution in [0.25, 0.3) is 0 Å². The van der Waals surface area contributed by atoms with Crippen LogP contribution in [0.5, 0.6) is 0 Å². The highest BCUT2D eigenvalue weighted by molar-refractivity contribution is 6.32. The molecule has 1 heterocycles. The Morgan fingerprint density at radius 1 is 1.47 bits per heavy atom. The molecule has 1 aromatic carbocycles. The van der Waals surface area contributed by atoms with Crippen LogP contribution < -0.4 is 4.90 Å². The van der Waals surface area contributed by atoms with Gasteiger partial charge in [-0.25, -0.2) is 0 Å². The topological polar surface area (TPSA) is 27.0 Å². The van der Waals surface area contributed by atoms with Gasteiger partial charge in [-0.15, -0.1) is 0 Å². The van der Waals surface area contributed by atoms with Crippen molar-refractivity contribution in [2.75, 3.05) is 11.4 Å². The Morgan fingerprint density at radius 3 is 2.94 bits per heavy atom. The van der Waals surface area contributed by atoms with E-state index in [2.05, 4.69) is 17.9 Å². The van der Waals surface area contributed by atoms with Crippen molar-refractivity contribution in [3.05, 3.63) is 28.8 Å². The van der Waals surface area contributed by atoms with Gasteiger partial charge in [-0.05, 0) is 43.9 Å². The zero-order valence-corrected chi connectivity index (χ0v) is 10.9. The predicted molar refractivity (Wildman–Crippen MR) is 71.4 cm³/mol. The summed E-state index contributed by atoms with van der Waals surface area (Å²) in [5, 5.41) is 9.43. The minimum atomic E-state index is 0.556. The molecule has 1 fully saturated rings. The van der Waals surface area contributed by atoms with Crippen molar-refractivity contribution in [2.45, 2.75) is 38.6 Å². The lowest BCUT2D eigenvalue weighted by Gasteiger charge is -2.37. The van der Waals surface area contributed by atoms with E-state index in [0.717, 1.165) is 18.7 Å². The molecule has 3 heteroatoms. The van der Waals surface area contributed by atoms with Crippen molar-refractivity contribution in [3.8, 4) is 6.07 Å². The number of rotatable bonds is 2. The van der Waals surface area contributed by atoms with Crippen LogP contribution in [0.4, 0.5) is 5.69 Å². The zero-order valence-electron chi connectivity index (χ0n) is 10.1. The van der Waals surface area contributed by atoms with Crippen molar-refractivity contribution in [1.29, 1.82) is 5.26 Å². The van der Waals surface area contributed by atoms with Gasteiger partial charge < -0.3 is 4.90 Å². The number of piperidine rings is 1. The minimum Gasteiger partial charge on any atom is -0.369 e. The highest BCUT2D eigenvalue weighted by Gasteiger charge is 2.21. The average Bonchev–Trinajstić information content (AvgIpc) is 2.38. The molecule has 1 aliphatic rings. The van der Waals surface area contributed by atoms with Crippen LogP contribution in [0, 0.1) is 11.3 Å². The molecule has 0 spiro atoms. The summed E-state index contributed by atoms with van der Waals surface area (Å²) in [6.45, 7) is 3.33. The molecular weight excluding hydrogens is 232 g/mol. The van der Waals surface area contributed by atoms with Gasteiger partial charge in [0.25, 0.3) is 0 Å². The van der Waals surface area contributed by atoms with Gasteiger partial charge in [-0.3, -0.25) is 0 Å². The maximum absolute atomic E-state index is 8.87. The maximum atomic E-state index is 8.87. The average molecular weight is 249 g/mol. The Hall–Kier alpha value is -1.20. The molecule has 90 valence electrons. The Morgan fingerprint density at radius 2 is 2.29 bits per heavy atom. The third-order valence-electron chi connectivity index (χ3n) is 3.50. The number of hydrogen-bond donors (Lipinski definition) is 0. The van der Waals surface area contributed by atoms with E-state index in [0.29, 0.717) is 16.6 Å². The Labute approximate surface area is 108 Å². The number of nitrogens with zero attached hydrogens (tertiary/aromatic N) is 2. The summed E-state index contributed by atoms with van der Waals surface area (Å²) in [6.07, 6.45) is 4.98. The lowest BCUT2D eigenvalue weighted by Crippen LogP contribution is -2.39. The standard InChI is InChI=1S/C14H17ClN2/c1-2-12-5-3-4-8-17(12)13-7-6-11(10-16)14(15)9-13/h6-7,9,12H,2-5,8H2,1H3/t12-/m1/s1. The highest BCUT2D eigenvalue weighted by atomic mass is 35.5. The summed E-state index contributed by atoms with van der Waals surface area (Å²) in [4.78, 5) is 2.43. The van der Waals surface area contributed by atoms with E-state index >= 15 is 0 Å². The fourth-order valence-corrected chi connectivity index (χ4v) is 2.76. The smallest absolute Gasteiger partial charge is 0.101 e. The highest BCUT2D eigenvalue weighted by Crippen LogP contribution is 2.29. The zero-order chi connectivity index (χ0) is 12.3. The van der Waals surface area contributed by atoms with Crippen LogP contribution in [0.15, 0.2) is 18.2 Å². The van der Waals surface area contributed by atoms with Gasteiger partial charge in [0.15, 0.2) is 0 Å². The summed E-state index contributed by atoms with van der Waals surface area (Å²) in [7, 11) is 0. The minimum absolute atomic E-state index is 0.556. The molecule has 0 amide bonds. The molecule has 0 aliphatic carbocycles. The molecule has 0 bridgehead atoms. The fourth-order valence-electron chi connectivity index (χ4n) is 2.54. The fraction of sp³-hybridized carbons (Fsp3) is 0.500. The second-order valence-corrected chi connectivity index (χ2v) is 4.93. The van der Waals surface area contributed by atoms with Crippen molar-refractivity contribution in [2.24, 2.45) is 0 Å². The molecule has 2 nitrogen and oxygen atoms in total. The molecule has 2 rings (SSSR count). The van der Waals surface area contributed by atoms with Crippen LogP contribution in [0.3, 0.4) is 0 Å². The number of hydrogen-bond acceptors (Lipinski definition) is 2. The summed E-state index contributed by atoms with van der Waals surface area (Å²) in [6, 6.07) is 8.47. The van der Waals surface area contributed by atoms with Gasteiger partial charge in [0.1, 0.15) is 6.07 Å². The molecule has 1 aromatic rings. The van der Waals surface area contributed by atoms with Crippen LogP contribution in [-0.2, 0) is 0 Å². The van der Waals surface area contributed by atoms with E-state index in [4.69, 9.17) is 16.9 Å². The van der Waals surface area contributed by atoms with Gasteiger partial charge in [0.2, 0.25) is 0 Å². The first-order chi connectivity index (χ1) is 8.26. The Bertz CT molecular complexity index is 436. The van der Waals surface area contributed by atoms with Gasteiger partial charge in [-0.1, -0.05) is 18.5 Å². The molecule has 1 aliphatic heterocycles.